The summed E-state index contributed by atoms with van der Waals surface area (Å²) in [6.07, 6.45) is 19.3. The molecule has 0 spiro atoms. The number of allylic oxidation sites excluding steroid dienone is 1. The van der Waals surface area contributed by atoms with Crippen LogP contribution in [0.1, 0.15) is 146 Å². The van der Waals surface area contributed by atoms with Gasteiger partial charge in [-0.25, -0.2) is 9.59 Å². The van der Waals surface area contributed by atoms with Gasteiger partial charge < -0.3 is 39.3 Å². The average molecular weight is 1000 g/mol. The Hall–Kier alpha value is -5.69. The summed E-state index contributed by atoms with van der Waals surface area (Å²) >= 11 is 0. The highest BCUT2D eigenvalue weighted by Crippen LogP contribution is 2.62. The van der Waals surface area contributed by atoms with E-state index in [1.54, 1.807) is 12.1 Å². The third-order valence-corrected chi connectivity index (χ3v) is 15.0. The number of ether oxygens (including phenoxy) is 4. The van der Waals surface area contributed by atoms with Crippen LogP contribution in [-0.2, 0) is 27.4 Å². The average Bonchev–Trinajstić information content (AvgIpc) is 3.42. The number of nitrogens with zero attached hydrogens (tertiary/aromatic N) is 2. The summed E-state index contributed by atoms with van der Waals surface area (Å²) in [6.45, 7) is 9.65. The molecule has 0 saturated heterocycles. The molecular weight excluding hydrogens is 919 g/mol. The number of hydrogen-bond donors (Lipinski definition) is 3. The molecule has 1 aliphatic heterocycles. The fraction of sp³-hybridized carbons (Fsp3) is 0.525. The number of carbonyl (C=O) groups is 2. The Morgan fingerprint density at radius 3 is 2.29 bits per heavy atom. The van der Waals surface area contributed by atoms with E-state index in [9.17, 15) is 15.0 Å². The molecule has 2 aliphatic carbocycles. The molecule has 394 valence electrons. The van der Waals surface area contributed by atoms with E-state index in [-0.39, 0.29) is 57.1 Å². The maximum absolute atomic E-state index is 15.3. The molecule has 12 nitrogen and oxygen atoms in total. The topological polar surface area (TPSA) is 148 Å². The second kappa shape index (κ2) is 28.7. The molecule has 6 atom stereocenters. The van der Waals surface area contributed by atoms with Crippen LogP contribution in [0.3, 0.4) is 0 Å². The van der Waals surface area contributed by atoms with E-state index in [0.717, 1.165) is 78.0 Å². The van der Waals surface area contributed by atoms with Gasteiger partial charge in [-0.1, -0.05) is 168 Å². The van der Waals surface area contributed by atoms with Crippen LogP contribution >= 0.6 is 0 Å². The molecular formula is C61H81N3O9. The number of rotatable bonds is 30. The van der Waals surface area contributed by atoms with Gasteiger partial charge in [-0.2, -0.15) is 0 Å². The molecule has 3 N–H and O–H groups in total. The Bertz CT molecular complexity index is 2420. The molecule has 12 heteroatoms. The highest BCUT2D eigenvalue weighted by molar-refractivity contribution is 6.03. The number of oxime groups is 1. The van der Waals surface area contributed by atoms with Crippen LogP contribution in [0.5, 0.6) is 11.5 Å². The first-order valence-corrected chi connectivity index (χ1v) is 27.5. The van der Waals surface area contributed by atoms with Crippen molar-refractivity contribution in [3.8, 4) is 11.5 Å². The molecule has 7 rings (SSSR count). The second-order valence-corrected chi connectivity index (χ2v) is 20.0. The van der Waals surface area contributed by atoms with Gasteiger partial charge >= 0.3 is 12.2 Å². The molecule has 1 heterocycles. The van der Waals surface area contributed by atoms with Crippen LogP contribution in [0, 0.1) is 17.8 Å². The summed E-state index contributed by atoms with van der Waals surface area (Å²) in [7, 11) is 0. The zero-order valence-corrected chi connectivity index (χ0v) is 43.5. The largest absolute Gasteiger partial charge is 0.459 e. The molecule has 4 aromatic rings. The number of unbranched alkanes of at least 4 members (excludes halogenated alkanes) is 11. The third-order valence-electron chi connectivity index (χ3n) is 15.0. The summed E-state index contributed by atoms with van der Waals surface area (Å²) in [5, 5.41) is 30.0. The van der Waals surface area contributed by atoms with Gasteiger partial charge in [0.15, 0.2) is 0 Å². The van der Waals surface area contributed by atoms with E-state index in [4.69, 9.17) is 28.9 Å². The Morgan fingerprint density at radius 2 is 1.55 bits per heavy atom. The van der Waals surface area contributed by atoms with Crippen LogP contribution in [0.15, 0.2) is 120 Å². The van der Waals surface area contributed by atoms with Gasteiger partial charge in [-0.05, 0) is 96.5 Å². The standard InChI is InChI=1S/C61H81N3O9/c1-4-7-8-9-10-11-12-13-14-24-39-69-60(68)64(44-48-31-25-30-46-28-18-19-32-50(46)48)56-42-54(63-71-6-3)52-40-47(29-20-22-36-65)51(33-21-23-37-66)57-53-41-49(72-59(67)62-43-45-26-16-15-17-27-45)34-35-55(53)73-61(56,58(52)57)70-38-5-2/h5,15-19,25-28,30-32,34-35,40-41,47,51,56-58,65-66H,2,4,6-14,20-24,29,33,36-39,42-44H2,1,3H3,(H,62,67)/t47-,51+,56-,57+,58+,61+/m0/s1. The van der Waals surface area contributed by atoms with Crippen LogP contribution in [0.4, 0.5) is 9.59 Å². The molecule has 0 radical (unpaired) electrons. The molecule has 4 aromatic carbocycles. The quantitative estimate of drug-likeness (QED) is 0.0264. The van der Waals surface area contributed by atoms with Crippen LogP contribution < -0.4 is 14.8 Å². The van der Waals surface area contributed by atoms with Gasteiger partial charge in [-0.15, -0.1) is 6.58 Å². The van der Waals surface area contributed by atoms with Crippen molar-refractivity contribution in [3.63, 3.8) is 0 Å². The van der Waals surface area contributed by atoms with Crippen molar-refractivity contribution in [2.45, 2.75) is 154 Å². The highest BCUT2D eigenvalue weighted by Gasteiger charge is 2.65. The number of aliphatic hydroxyl groups excluding tert-OH is 2. The summed E-state index contributed by atoms with van der Waals surface area (Å²) < 4.78 is 27.1. The first kappa shape index (κ1) is 55.1. The molecule has 3 aliphatic rings. The summed E-state index contributed by atoms with van der Waals surface area (Å²) in [5.74, 6) is -1.41. The van der Waals surface area contributed by atoms with Gasteiger partial charge in [0.05, 0.1) is 31.4 Å². The van der Waals surface area contributed by atoms with Gasteiger partial charge in [0, 0.05) is 37.7 Å². The van der Waals surface area contributed by atoms with Gasteiger partial charge in [-0.3, -0.25) is 4.90 Å². The zero-order chi connectivity index (χ0) is 51.3. The number of fused-ring (bicyclic) bond motifs is 3. The predicted molar refractivity (Wildman–Crippen MR) is 289 cm³/mol. The lowest BCUT2D eigenvalue weighted by atomic mass is 9.55. The fourth-order valence-corrected chi connectivity index (χ4v) is 11.5. The molecule has 0 unspecified atom stereocenters. The van der Waals surface area contributed by atoms with E-state index in [0.29, 0.717) is 43.2 Å². The van der Waals surface area contributed by atoms with Crippen LogP contribution in [0.25, 0.3) is 10.8 Å². The lowest BCUT2D eigenvalue weighted by Crippen LogP contribution is -2.70. The smallest absolute Gasteiger partial charge is 0.412 e. The van der Waals surface area contributed by atoms with Crippen molar-refractivity contribution in [2.75, 3.05) is 33.0 Å². The zero-order valence-electron chi connectivity index (χ0n) is 43.5. The van der Waals surface area contributed by atoms with E-state index in [1.807, 2.05) is 72.5 Å². The number of amides is 2. The van der Waals surface area contributed by atoms with Gasteiger partial charge in [0.25, 0.3) is 0 Å². The highest BCUT2D eigenvalue weighted by atomic mass is 16.7. The van der Waals surface area contributed by atoms with Gasteiger partial charge in [0.1, 0.15) is 24.1 Å². The molecule has 2 amide bonds. The Kier molecular flexibility index (Phi) is 21.6. The summed E-state index contributed by atoms with van der Waals surface area (Å²) in [4.78, 5) is 36.5. The minimum Gasteiger partial charge on any atom is -0.459 e. The normalized spacial score (nSPS) is 21.3. The van der Waals surface area contributed by atoms with Crippen molar-refractivity contribution >= 4 is 28.7 Å². The first-order valence-electron chi connectivity index (χ1n) is 27.5. The third kappa shape index (κ3) is 14.3. The number of hydrogen-bond acceptors (Lipinski definition) is 10. The number of benzene rings is 4. The van der Waals surface area contributed by atoms with E-state index in [2.05, 4.69) is 49.2 Å². The summed E-state index contributed by atoms with van der Waals surface area (Å²) in [5.41, 5.74) is 4.37. The van der Waals surface area contributed by atoms with Crippen molar-refractivity contribution in [2.24, 2.45) is 22.9 Å². The SMILES string of the molecule is C=CCO[C@@]12Oc3ccc(OC(=O)NCc4ccccc4)cc3[C@H]3[C@H](CCCCO)[C@@H](CCCCO)C=C(C(=NOCC)C[C@@H]1N(Cc1cccc4ccccc14)C(=O)OCCCCCCCCCCCC)[C@H]32. The monoisotopic (exact) mass is 1000 g/mol. The number of carbonyl (C=O) groups excluding carboxylic acids is 2. The molecule has 0 bridgehead atoms. The molecule has 73 heavy (non-hydrogen) atoms. The lowest BCUT2D eigenvalue weighted by molar-refractivity contribution is -0.256. The lowest BCUT2D eigenvalue weighted by Gasteiger charge is -2.59. The Balaban J connectivity index is 1.32. The molecule has 1 fully saturated rings. The summed E-state index contributed by atoms with van der Waals surface area (Å²) in [6, 6.07) is 28.8. The minimum absolute atomic E-state index is 0.0163. The van der Waals surface area contributed by atoms with E-state index in [1.165, 1.54) is 44.9 Å². The van der Waals surface area contributed by atoms with Gasteiger partial charge in [0.2, 0.25) is 5.79 Å². The second-order valence-electron chi connectivity index (χ2n) is 20.0. The Morgan fingerprint density at radius 1 is 0.836 bits per heavy atom. The maximum atomic E-state index is 15.3. The van der Waals surface area contributed by atoms with Crippen molar-refractivity contribution in [1.82, 2.24) is 10.2 Å². The Labute approximate surface area is 434 Å². The first-order chi connectivity index (χ1) is 35.8. The minimum atomic E-state index is -1.50. The van der Waals surface area contributed by atoms with Crippen molar-refractivity contribution in [1.29, 1.82) is 0 Å². The van der Waals surface area contributed by atoms with Crippen LogP contribution in [-0.4, -0.2) is 77.9 Å². The predicted octanol–water partition coefficient (Wildman–Crippen LogP) is 13.3. The molecule has 1 saturated carbocycles. The number of aliphatic hydroxyl groups is 2. The van der Waals surface area contributed by atoms with E-state index < -0.39 is 29.9 Å². The fourth-order valence-electron chi connectivity index (χ4n) is 11.5. The van der Waals surface area contributed by atoms with Crippen molar-refractivity contribution < 1.29 is 43.6 Å². The van der Waals surface area contributed by atoms with E-state index >= 15 is 4.79 Å². The maximum Gasteiger partial charge on any atom is 0.412 e. The number of nitrogens with one attached hydrogen (secondary N) is 1. The van der Waals surface area contributed by atoms with Crippen molar-refractivity contribution in [3.05, 3.63) is 132 Å². The molecule has 0 aromatic heterocycles. The van der Waals surface area contributed by atoms with Crippen LogP contribution in [0.2, 0.25) is 0 Å².